The van der Waals surface area contributed by atoms with E-state index >= 15 is 0 Å². The monoisotopic (exact) mass is 303 g/mol. The Kier molecular flexibility index (Phi) is 4.95. The fourth-order valence-corrected chi connectivity index (χ4v) is 2.53. The number of H-pyrrole nitrogens is 1. The van der Waals surface area contributed by atoms with Crippen LogP contribution in [0, 0.1) is 5.92 Å². The molecule has 0 aliphatic rings. The summed E-state index contributed by atoms with van der Waals surface area (Å²) in [6.07, 6.45) is 1.09. The number of aromatic nitrogens is 1. The molecule has 0 saturated heterocycles. The molecular formula is C16H21N3O3. The Labute approximate surface area is 128 Å². The fraction of sp³-hybridized carbons (Fsp3) is 0.375. The Bertz CT molecular complexity index is 678. The molecule has 6 heteroatoms. The summed E-state index contributed by atoms with van der Waals surface area (Å²) in [5.41, 5.74) is 13.1. The Morgan fingerprint density at radius 3 is 2.64 bits per heavy atom. The second-order valence-corrected chi connectivity index (χ2v) is 5.59. The van der Waals surface area contributed by atoms with Crippen LogP contribution in [0.15, 0.2) is 30.5 Å². The van der Waals surface area contributed by atoms with Crippen molar-refractivity contribution in [3.8, 4) is 0 Å². The molecule has 0 unspecified atom stereocenters. The smallest absolute Gasteiger partial charge is 0.223 e. The number of primary amides is 1. The molecule has 6 N–H and O–H groups in total. The summed E-state index contributed by atoms with van der Waals surface area (Å²) in [5.74, 6) is -1.88. The summed E-state index contributed by atoms with van der Waals surface area (Å²) in [6.45, 7) is 1.44. The Morgan fingerprint density at radius 1 is 1.32 bits per heavy atom. The van der Waals surface area contributed by atoms with Crippen LogP contribution in [0.25, 0.3) is 10.9 Å². The topological polar surface area (TPSA) is 122 Å². The minimum atomic E-state index is -0.971. The summed E-state index contributed by atoms with van der Waals surface area (Å²) < 4.78 is 0. The summed E-state index contributed by atoms with van der Waals surface area (Å²) in [5, 5.41) is 10.5. The largest absolute Gasteiger partial charge is 0.393 e. The lowest BCUT2D eigenvalue weighted by molar-refractivity contribution is -0.131. The summed E-state index contributed by atoms with van der Waals surface area (Å²) in [7, 11) is 0. The van der Waals surface area contributed by atoms with E-state index in [9.17, 15) is 14.7 Å². The highest BCUT2D eigenvalue weighted by Gasteiger charge is 2.27. The van der Waals surface area contributed by atoms with E-state index in [-0.39, 0.29) is 12.2 Å². The van der Waals surface area contributed by atoms with Crippen molar-refractivity contribution in [1.29, 1.82) is 0 Å². The van der Waals surface area contributed by atoms with Gasteiger partial charge >= 0.3 is 0 Å². The van der Waals surface area contributed by atoms with Crippen LogP contribution in [-0.2, 0) is 16.0 Å². The number of aromatic amines is 1. The standard InChI is InChI=1S/C16H21N3O3/c1-9(20)12(16(18)22)7-15(21)13(17)6-10-8-19-14-5-3-2-4-11(10)14/h2-5,8-9,12-13,19-20H,6-7,17H2,1H3,(H2,18,22)/t9-,12+,13+/m1/s1. The number of aliphatic hydroxyl groups is 1. The Morgan fingerprint density at radius 2 is 2.00 bits per heavy atom. The van der Waals surface area contributed by atoms with Crippen LogP contribution < -0.4 is 11.5 Å². The number of nitrogens with two attached hydrogens (primary N) is 2. The molecule has 0 radical (unpaired) electrons. The van der Waals surface area contributed by atoms with Crippen molar-refractivity contribution in [2.75, 3.05) is 0 Å². The van der Waals surface area contributed by atoms with Gasteiger partial charge in [0, 0.05) is 23.5 Å². The number of hydrogen-bond acceptors (Lipinski definition) is 4. The molecule has 3 atom stereocenters. The zero-order chi connectivity index (χ0) is 16.3. The van der Waals surface area contributed by atoms with Crippen LogP contribution in [0.2, 0.25) is 0 Å². The second-order valence-electron chi connectivity index (χ2n) is 5.59. The maximum absolute atomic E-state index is 12.2. The number of fused-ring (bicyclic) bond motifs is 1. The van der Waals surface area contributed by atoms with Gasteiger partial charge in [0.25, 0.3) is 0 Å². The lowest BCUT2D eigenvalue weighted by Gasteiger charge is -2.18. The van der Waals surface area contributed by atoms with Crippen molar-refractivity contribution in [1.82, 2.24) is 4.98 Å². The lowest BCUT2D eigenvalue weighted by Crippen LogP contribution is -2.39. The third-order valence-corrected chi connectivity index (χ3v) is 3.90. The van der Waals surface area contributed by atoms with Gasteiger partial charge in [0.05, 0.1) is 18.1 Å². The maximum atomic E-state index is 12.2. The highest BCUT2D eigenvalue weighted by atomic mass is 16.3. The number of amides is 1. The normalized spacial score (nSPS) is 15.4. The van der Waals surface area contributed by atoms with Gasteiger partial charge in [-0.25, -0.2) is 0 Å². The molecule has 0 spiro atoms. The van der Waals surface area contributed by atoms with E-state index < -0.39 is 24.0 Å². The van der Waals surface area contributed by atoms with Crippen molar-refractivity contribution in [2.45, 2.75) is 31.9 Å². The van der Waals surface area contributed by atoms with Gasteiger partial charge in [0.15, 0.2) is 5.78 Å². The SMILES string of the molecule is C[C@@H](O)[C@H](CC(=O)[C@@H](N)Cc1c[nH]c2ccccc12)C(N)=O. The van der Waals surface area contributed by atoms with E-state index in [2.05, 4.69) is 4.98 Å². The van der Waals surface area contributed by atoms with Crippen LogP contribution in [0.4, 0.5) is 0 Å². The number of rotatable bonds is 7. The maximum Gasteiger partial charge on any atom is 0.223 e. The van der Waals surface area contributed by atoms with Crippen LogP contribution in [0.1, 0.15) is 18.9 Å². The highest BCUT2D eigenvalue weighted by molar-refractivity contribution is 5.90. The molecule has 22 heavy (non-hydrogen) atoms. The van der Waals surface area contributed by atoms with Crippen LogP contribution in [0.3, 0.4) is 0 Å². The molecule has 0 aliphatic heterocycles. The average molecular weight is 303 g/mol. The average Bonchev–Trinajstić information content (AvgIpc) is 2.87. The molecule has 2 rings (SSSR count). The fourth-order valence-electron chi connectivity index (χ4n) is 2.53. The highest BCUT2D eigenvalue weighted by Crippen LogP contribution is 2.20. The van der Waals surface area contributed by atoms with Crippen molar-refractivity contribution in [2.24, 2.45) is 17.4 Å². The van der Waals surface area contributed by atoms with Crippen molar-refractivity contribution >= 4 is 22.6 Å². The van der Waals surface area contributed by atoms with Gasteiger partial charge in [-0.05, 0) is 25.0 Å². The van der Waals surface area contributed by atoms with E-state index in [1.807, 2.05) is 30.5 Å². The minimum Gasteiger partial charge on any atom is -0.393 e. The molecule has 1 heterocycles. The molecule has 118 valence electrons. The number of carbonyl (C=O) groups excluding carboxylic acids is 2. The van der Waals surface area contributed by atoms with Gasteiger partial charge in [0.1, 0.15) is 0 Å². The van der Waals surface area contributed by atoms with Gasteiger partial charge in [-0.2, -0.15) is 0 Å². The molecule has 0 fully saturated rings. The molecule has 0 bridgehead atoms. The Balaban J connectivity index is 2.06. The number of carbonyl (C=O) groups is 2. The Hall–Kier alpha value is -2.18. The van der Waals surface area contributed by atoms with Gasteiger partial charge in [-0.15, -0.1) is 0 Å². The molecule has 1 aromatic carbocycles. The van der Waals surface area contributed by atoms with Gasteiger partial charge in [-0.1, -0.05) is 18.2 Å². The zero-order valence-corrected chi connectivity index (χ0v) is 12.5. The quantitative estimate of drug-likeness (QED) is 0.594. The van der Waals surface area contributed by atoms with Crippen LogP contribution in [0.5, 0.6) is 0 Å². The van der Waals surface area contributed by atoms with E-state index in [4.69, 9.17) is 11.5 Å². The van der Waals surface area contributed by atoms with Crippen LogP contribution in [-0.4, -0.2) is 33.9 Å². The number of hydrogen-bond donors (Lipinski definition) is 4. The van der Waals surface area contributed by atoms with E-state index in [0.29, 0.717) is 6.42 Å². The first-order chi connectivity index (χ1) is 10.4. The van der Waals surface area contributed by atoms with Gasteiger partial charge < -0.3 is 21.6 Å². The first kappa shape index (κ1) is 16.2. The number of aliphatic hydroxyl groups excluding tert-OH is 1. The van der Waals surface area contributed by atoms with Crippen molar-refractivity contribution in [3.05, 3.63) is 36.0 Å². The van der Waals surface area contributed by atoms with Gasteiger partial charge in [0.2, 0.25) is 5.91 Å². The third kappa shape index (κ3) is 3.52. The number of benzene rings is 1. The van der Waals surface area contributed by atoms with E-state index in [1.54, 1.807) is 0 Å². The zero-order valence-electron chi connectivity index (χ0n) is 12.5. The molecule has 6 nitrogen and oxygen atoms in total. The second kappa shape index (κ2) is 6.72. The van der Waals surface area contributed by atoms with E-state index in [0.717, 1.165) is 16.5 Å². The number of para-hydroxylation sites is 1. The third-order valence-electron chi connectivity index (χ3n) is 3.90. The summed E-state index contributed by atoms with van der Waals surface area (Å²) in [6, 6.07) is 7.01. The molecular weight excluding hydrogens is 282 g/mol. The molecule has 1 amide bonds. The minimum absolute atomic E-state index is 0.142. The number of nitrogens with one attached hydrogen (secondary N) is 1. The first-order valence-electron chi connectivity index (χ1n) is 7.20. The summed E-state index contributed by atoms with van der Waals surface area (Å²) in [4.78, 5) is 26.6. The molecule has 0 aliphatic carbocycles. The van der Waals surface area contributed by atoms with Gasteiger partial charge in [-0.3, -0.25) is 9.59 Å². The molecule has 1 aromatic heterocycles. The van der Waals surface area contributed by atoms with E-state index in [1.165, 1.54) is 6.92 Å². The van der Waals surface area contributed by atoms with Crippen LogP contribution >= 0.6 is 0 Å². The number of ketones is 1. The predicted octanol–water partition coefficient (Wildman–Crippen LogP) is 0.479. The summed E-state index contributed by atoms with van der Waals surface area (Å²) >= 11 is 0. The molecule has 2 aromatic rings. The molecule has 0 saturated carbocycles. The number of Topliss-reactive ketones (excluding diaryl/α,β-unsaturated/α-hetero) is 1. The van der Waals surface area contributed by atoms with Crippen molar-refractivity contribution in [3.63, 3.8) is 0 Å². The van der Waals surface area contributed by atoms with Crippen molar-refractivity contribution < 1.29 is 14.7 Å². The lowest BCUT2D eigenvalue weighted by atomic mass is 9.92. The first-order valence-corrected chi connectivity index (χ1v) is 7.20. The predicted molar refractivity (Wildman–Crippen MR) is 84.0 cm³/mol.